The molecule has 1 aromatic heterocycles. The third-order valence-electron chi connectivity index (χ3n) is 3.50. The summed E-state index contributed by atoms with van der Waals surface area (Å²) in [5.41, 5.74) is 8.04. The van der Waals surface area contributed by atoms with Crippen LogP contribution in [0.1, 0.15) is 43.6 Å². The zero-order valence-corrected chi connectivity index (χ0v) is 13.3. The summed E-state index contributed by atoms with van der Waals surface area (Å²) in [6.07, 6.45) is 3.65. The summed E-state index contributed by atoms with van der Waals surface area (Å²) in [5.74, 6) is -0.270. The van der Waals surface area contributed by atoms with Crippen molar-refractivity contribution in [3.8, 4) is 0 Å². The molecule has 0 amide bonds. The van der Waals surface area contributed by atoms with Crippen molar-refractivity contribution in [2.24, 2.45) is 5.73 Å². The minimum atomic E-state index is -0.270. The third-order valence-corrected chi connectivity index (χ3v) is 4.18. The molecule has 0 radical (unpaired) electrons. The Morgan fingerprint density at radius 2 is 2.15 bits per heavy atom. The van der Waals surface area contributed by atoms with Crippen molar-refractivity contribution in [2.45, 2.75) is 38.8 Å². The predicted molar refractivity (Wildman–Crippen MR) is 82.0 cm³/mol. The highest BCUT2D eigenvalue weighted by Crippen LogP contribution is 2.25. The lowest BCUT2D eigenvalue weighted by Crippen LogP contribution is -2.15. The van der Waals surface area contributed by atoms with Gasteiger partial charge in [-0.2, -0.15) is 5.10 Å². The number of hydrogen-bond acceptors (Lipinski definition) is 2. The first kappa shape index (κ1) is 15.2. The van der Waals surface area contributed by atoms with E-state index in [4.69, 9.17) is 5.73 Å². The summed E-state index contributed by atoms with van der Waals surface area (Å²) in [4.78, 5) is 0. The van der Waals surface area contributed by atoms with Gasteiger partial charge in [-0.3, -0.25) is 4.68 Å². The summed E-state index contributed by atoms with van der Waals surface area (Å²) in [6, 6.07) is 6.76. The van der Waals surface area contributed by atoms with Gasteiger partial charge in [0.25, 0.3) is 0 Å². The van der Waals surface area contributed by atoms with E-state index in [0.717, 1.165) is 17.7 Å². The highest BCUT2D eigenvalue weighted by molar-refractivity contribution is 9.10. The Balaban J connectivity index is 2.11. The van der Waals surface area contributed by atoms with E-state index in [2.05, 4.69) is 34.9 Å². The molecule has 108 valence electrons. The molecule has 2 N–H and O–H groups in total. The van der Waals surface area contributed by atoms with Gasteiger partial charge in [0.2, 0.25) is 0 Å². The van der Waals surface area contributed by atoms with Crippen molar-refractivity contribution in [1.29, 1.82) is 0 Å². The predicted octanol–water partition coefficient (Wildman–Crippen LogP) is 4.00. The summed E-state index contributed by atoms with van der Waals surface area (Å²) in [5, 5.41) is 4.54. The Bertz CT molecular complexity index is 582. The lowest BCUT2D eigenvalue weighted by Gasteiger charge is -2.13. The van der Waals surface area contributed by atoms with Crippen LogP contribution in [0.25, 0.3) is 0 Å². The average molecular weight is 340 g/mol. The maximum atomic E-state index is 13.1. The normalized spacial score (nSPS) is 14.2. The molecule has 5 heteroatoms. The van der Waals surface area contributed by atoms with Gasteiger partial charge in [-0.25, -0.2) is 4.39 Å². The fourth-order valence-electron chi connectivity index (χ4n) is 2.06. The number of nitrogens with zero attached hydrogens (tertiary/aromatic N) is 2. The number of halogens is 2. The van der Waals surface area contributed by atoms with E-state index in [0.29, 0.717) is 16.9 Å². The summed E-state index contributed by atoms with van der Waals surface area (Å²) in [7, 11) is 0. The molecule has 0 fully saturated rings. The van der Waals surface area contributed by atoms with Crippen LogP contribution in [0.2, 0.25) is 0 Å². The molecule has 1 heterocycles. The molecule has 0 aliphatic rings. The monoisotopic (exact) mass is 339 g/mol. The largest absolute Gasteiger partial charge is 0.324 e. The van der Waals surface area contributed by atoms with Crippen LogP contribution < -0.4 is 5.73 Å². The second-order valence-corrected chi connectivity index (χ2v) is 5.88. The van der Waals surface area contributed by atoms with Gasteiger partial charge < -0.3 is 5.73 Å². The molecule has 0 spiro atoms. The van der Waals surface area contributed by atoms with Crippen LogP contribution in [0.5, 0.6) is 0 Å². The van der Waals surface area contributed by atoms with Crippen molar-refractivity contribution in [1.82, 2.24) is 9.78 Å². The summed E-state index contributed by atoms with van der Waals surface area (Å²) >= 11 is 3.36. The zero-order valence-electron chi connectivity index (χ0n) is 11.7. The number of nitrogens with two attached hydrogens (primary N) is 1. The minimum absolute atomic E-state index is 0.203. The van der Waals surface area contributed by atoms with Crippen LogP contribution in [-0.4, -0.2) is 9.78 Å². The van der Waals surface area contributed by atoms with Gasteiger partial charge >= 0.3 is 0 Å². The Hall–Kier alpha value is -1.20. The standard InChI is InChI=1S/C15H19BrFN3/c1-3-10(2)20-7-6-12(19-20)9-15(18)13-5-4-11(17)8-14(13)16/h4-8,10,15H,3,9,18H2,1-2H3. The molecule has 2 atom stereocenters. The topological polar surface area (TPSA) is 43.8 Å². The first-order valence-electron chi connectivity index (χ1n) is 6.75. The minimum Gasteiger partial charge on any atom is -0.324 e. The molecule has 0 saturated heterocycles. The zero-order chi connectivity index (χ0) is 14.7. The van der Waals surface area contributed by atoms with Gasteiger partial charge in [0.1, 0.15) is 5.82 Å². The van der Waals surface area contributed by atoms with E-state index >= 15 is 0 Å². The molecule has 0 saturated carbocycles. The van der Waals surface area contributed by atoms with Gasteiger partial charge in [-0.1, -0.05) is 28.9 Å². The third kappa shape index (κ3) is 3.46. The van der Waals surface area contributed by atoms with Crippen LogP contribution in [0, 0.1) is 5.82 Å². The lowest BCUT2D eigenvalue weighted by atomic mass is 10.0. The molecular weight excluding hydrogens is 321 g/mol. The highest BCUT2D eigenvalue weighted by Gasteiger charge is 2.13. The van der Waals surface area contributed by atoms with Crippen molar-refractivity contribution in [3.63, 3.8) is 0 Å². The van der Waals surface area contributed by atoms with Crippen LogP contribution in [-0.2, 0) is 6.42 Å². The highest BCUT2D eigenvalue weighted by atomic mass is 79.9. The van der Waals surface area contributed by atoms with Crippen LogP contribution >= 0.6 is 15.9 Å². The lowest BCUT2D eigenvalue weighted by molar-refractivity contribution is 0.472. The molecule has 0 aliphatic heterocycles. The first-order valence-corrected chi connectivity index (χ1v) is 7.55. The average Bonchev–Trinajstić information content (AvgIpc) is 2.86. The smallest absolute Gasteiger partial charge is 0.124 e. The van der Waals surface area contributed by atoms with Crippen LogP contribution in [0.4, 0.5) is 4.39 Å². The maximum absolute atomic E-state index is 13.1. The second kappa shape index (κ2) is 6.50. The Labute approximate surface area is 127 Å². The van der Waals surface area contributed by atoms with E-state index < -0.39 is 0 Å². The Morgan fingerprint density at radius 3 is 2.80 bits per heavy atom. The molecule has 0 aliphatic carbocycles. The summed E-state index contributed by atoms with van der Waals surface area (Å²) < 4.78 is 15.7. The Kier molecular flexibility index (Phi) is 4.94. The Morgan fingerprint density at radius 1 is 1.40 bits per heavy atom. The fourth-order valence-corrected chi connectivity index (χ4v) is 2.70. The van der Waals surface area contributed by atoms with Crippen molar-refractivity contribution in [2.75, 3.05) is 0 Å². The van der Waals surface area contributed by atoms with Gasteiger partial charge in [0.15, 0.2) is 0 Å². The molecule has 2 rings (SSSR count). The van der Waals surface area contributed by atoms with E-state index in [9.17, 15) is 4.39 Å². The quantitative estimate of drug-likeness (QED) is 0.894. The number of aromatic nitrogens is 2. The van der Waals surface area contributed by atoms with Crippen LogP contribution in [0.15, 0.2) is 34.9 Å². The molecular formula is C15H19BrFN3. The van der Waals surface area contributed by atoms with Crippen molar-refractivity contribution >= 4 is 15.9 Å². The molecule has 2 aromatic rings. The van der Waals surface area contributed by atoms with E-state index in [1.165, 1.54) is 12.1 Å². The van der Waals surface area contributed by atoms with Gasteiger partial charge in [-0.15, -0.1) is 0 Å². The molecule has 3 nitrogen and oxygen atoms in total. The number of benzene rings is 1. The van der Waals surface area contributed by atoms with E-state index in [1.54, 1.807) is 6.07 Å². The molecule has 20 heavy (non-hydrogen) atoms. The molecule has 1 aromatic carbocycles. The SMILES string of the molecule is CCC(C)n1ccc(CC(N)c2ccc(F)cc2Br)n1. The number of rotatable bonds is 5. The summed E-state index contributed by atoms with van der Waals surface area (Å²) in [6.45, 7) is 4.26. The molecule has 2 unspecified atom stereocenters. The first-order chi connectivity index (χ1) is 9.51. The van der Waals surface area contributed by atoms with Crippen molar-refractivity contribution < 1.29 is 4.39 Å². The maximum Gasteiger partial charge on any atom is 0.124 e. The second-order valence-electron chi connectivity index (χ2n) is 5.02. The van der Waals surface area contributed by atoms with Gasteiger partial charge in [0.05, 0.1) is 5.69 Å². The van der Waals surface area contributed by atoms with E-state index in [-0.39, 0.29) is 11.9 Å². The van der Waals surface area contributed by atoms with Gasteiger partial charge in [-0.05, 0) is 37.1 Å². The fraction of sp³-hybridized carbons (Fsp3) is 0.400. The van der Waals surface area contributed by atoms with Crippen molar-refractivity contribution in [3.05, 3.63) is 52.0 Å². The number of hydrogen-bond donors (Lipinski definition) is 1. The molecule has 0 bridgehead atoms. The van der Waals surface area contributed by atoms with E-state index in [1.807, 2.05) is 16.9 Å². The van der Waals surface area contributed by atoms with Gasteiger partial charge in [0, 0.05) is 29.2 Å². The van der Waals surface area contributed by atoms with Crippen LogP contribution in [0.3, 0.4) is 0 Å².